The minimum Gasteiger partial charge on any atom is -0.494 e. The van der Waals surface area contributed by atoms with E-state index in [0.29, 0.717) is 18.2 Å². The normalized spacial score (nSPS) is 10.4. The number of hydrogen-bond donors (Lipinski definition) is 1. The molecule has 0 atom stereocenters. The molecule has 2 aromatic rings. The number of aromatic nitrogens is 1. The molecular weight excluding hydrogens is 266 g/mol. The molecule has 0 saturated carbocycles. The average molecular weight is 287 g/mol. The van der Waals surface area contributed by atoms with Crippen LogP contribution in [0.5, 0.6) is 17.4 Å². The maximum absolute atomic E-state index is 9.33. The number of benzene rings is 1. The van der Waals surface area contributed by atoms with Crippen molar-refractivity contribution in [3.8, 4) is 17.4 Å². The number of hydrogen-bond acceptors (Lipinski definition) is 4. The van der Waals surface area contributed by atoms with Crippen molar-refractivity contribution < 1.29 is 14.6 Å². The molecule has 0 aliphatic carbocycles. The number of aliphatic hydroxyl groups excluding tert-OH is 1. The van der Waals surface area contributed by atoms with Gasteiger partial charge in [-0.25, -0.2) is 4.98 Å². The van der Waals surface area contributed by atoms with Crippen molar-refractivity contribution in [2.24, 2.45) is 0 Å². The molecule has 0 unspecified atom stereocenters. The molecule has 0 bridgehead atoms. The SMILES string of the molecule is CCCc1cc(CO)cc(Oc2cccc(OCC)c2)n1. The third-order valence-corrected chi connectivity index (χ3v) is 2.94. The number of ether oxygens (including phenoxy) is 2. The molecule has 0 saturated heterocycles. The van der Waals surface area contributed by atoms with Crippen molar-refractivity contribution in [1.29, 1.82) is 0 Å². The van der Waals surface area contributed by atoms with Gasteiger partial charge in [0.1, 0.15) is 11.5 Å². The first-order chi connectivity index (χ1) is 10.2. The Kier molecular flexibility index (Phi) is 5.58. The van der Waals surface area contributed by atoms with E-state index in [1.54, 1.807) is 6.07 Å². The first-order valence-electron chi connectivity index (χ1n) is 7.26. The summed E-state index contributed by atoms with van der Waals surface area (Å²) >= 11 is 0. The number of pyridine rings is 1. The van der Waals surface area contributed by atoms with Crippen LogP contribution in [0.2, 0.25) is 0 Å². The summed E-state index contributed by atoms with van der Waals surface area (Å²) < 4.78 is 11.2. The van der Waals surface area contributed by atoms with Gasteiger partial charge in [-0.05, 0) is 37.1 Å². The quantitative estimate of drug-likeness (QED) is 0.843. The van der Waals surface area contributed by atoms with Crippen LogP contribution in [0.3, 0.4) is 0 Å². The van der Waals surface area contributed by atoms with Crippen LogP contribution in [0, 0.1) is 0 Å². The van der Waals surface area contributed by atoms with Gasteiger partial charge in [-0.3, -0.25) is 0 Å². The van der Waals surface area contributed by atoms with Crippen LogP contribution in [0.15, 0.2) is 36.4 Å². The predicted octanol–water partition coefficient (Wildman–Crippen LogP) is 3.72. The van der Waals surface area contributed by atoms with Crippen molar-refractivity contribution in [1.82, 2.24) is 4.98 Å². The summed E-state index contributed by atoms with van der Waals surface area (Å²) in [6.07, 6.45) is 1.87. The van der Waals surface area contributed by atoms with Gasteiger partial charge in [0.2, 0.25) is 5.88 Å². The molecule has 1 aromatic heterocycles. The van der Waals surface area contributed by atoms with Crippen molar-refractivity contribution in [2.75, 3.05) is 6.61 Å². The summed E-state index contributed by atoms with van der Waals surface area (Å²) in [6.45, 7) is 4.63. The van der Waals surface area contributed by atoms with E-state index in [0.717, 1.165) is 29.8 Å². The molecule has 0 aliphatic heterocycles. The van der Waals surface area contributed by atoms with Gasteiger partial charge in [-0.1, -0.05) is 19.4 Å². The van der Waals surface area contributed by atoms with Gasteiger partial charge < -0.3 is 14.6 Å². The summed E-state index contributed by atoms with van der Waals surface area (Å²) in [5.41, 5.74) is 1.74. The van der Waals surface area contributed by atoms with E-state index in [1.807, 2.05) is 37.3 Å². The Balaban J connectivity index is 2.21. The molecule has 0 amide bonds. The highest BCUT2D eigenvalue weighted by Gasteiger charge is 2.05. The molecular formula is C17H21NO3. The average Bonchev–Trinajstić information content (AvgIpc) is 2.48. The van der Waals surface area contributed by atoms with E-state index < -0.39 is 0 Å². The minimum atomic E-state index is -0.0193. The number of rotatable bonds is 7. The molecule has 0 spiro atoms. The Morgan fingerprint density at radius 3 is 2.62 bits per heavy atom. The van der Waals surface area contributed by atoms with Crippen molar-refractivity contribution in [2.45, 2.75) is 33.3 Å². The first-order valence-corrected chi connectivity index (χ1v) is 7.26. The highest BCUT2D eigenvalue weighted by molar-refractivity contribution is 5.36. The molecule has 4 nitrogen and oxygen atoms in total. The van der Waals surface area contributed by atoms with Gasteiger partial charge in [0.25, 0.3) is 0 Å². The van der Waals surface area contributed by atoms with E-state index in [1.165, 1.54) is 0 Å². The maximum atomic E-state index is 9.33. The van der Waals surface area contributed by atoms with Crippen LogP contribution in [0.4, 0.5) is 0 Å². The van der Waals surface area contributed by atoms with Gasteiger partial charge in [0.05, 0.1) is 13.2 Å². The maximum Gasteiger partial charge on any atom is 0.219 e. The fourth-order valence-corrected chi connectivity index (χ4v) is 2.06. The van der Waals surface area contributed by atoms with E-state index in [4.69, 9.17) is 9.47 Å². The molecule has 2 rings (SSSR count). The van der Waals surface area contributed by atoms with Gasteiger partial charge in [-0.15, -0.1) is 0 Å². The first kappa shape index (κ1) is 15.3. The number of aliphatic hydroxyl groups is 1. The van der Waals surface area contributed by atoms with E-state index in [2.05, 4.69) is 11.9 Å². The van der Waals surface area contributed by atoms with Crippen LogP contribution in [0.25, 0.3) is 0 Å². The summed E-state index contributed by atoms with van der Waals surface area (Å²) in [4.78, 5) is 4.47. The third-order valence-electron chi connectivity index (χ3n) is 2.94. The Labute approximate surface area is 125 Å². The van der Waals surface area contributed by atoms with Crippen LogP contribution in [-0.4, -0.2) is 16.7 Å². The van der Waals surface area contributed by atoms with Gasteiger partial charge in [0.15, 0.2) is 0 Å². The van der Waals surface area contributed by atoms with Gasteiger partial charge in [0, 0.05) is 17.8 Å². The summed E-state index contributed by atoms with van der Waals surface area (Å²) in [5.74, 6) is 1.94. The zero-order valence-electron chi connectivity index (χ0n) is 12.5. The second-order valence-corrected chi connectivity index (χ2v) is 4.72. The van der Waals surface area contributed by atoms with E-state index in [9.17, 15) is 5.11 Å². The summed E-state index contributed by atoms with van der Waals surface area (Å²) in [6, 6.07) is 11.1. The molecule has 1 heterocycles. The molecule has 1 N–H and O–H groups in total. The fourth-order valence-electron chi connectivity index (χ4n) is 2.06. The van der Waals surface area contributed by atoms with Crippen molar-refractivity contribution in [3.05, 3.63) is 47.7 Å². The van der Waals surface area contributed by atoms with Crippen LogP contribution >= 0.6 is 0 Å². The standard InChI is InChI=1S/C17H21NO3/c1-3-6-14-9-13(12-19)10-17(18-14)21-16-8-5-7-15(11-16)20-4-2/h5,7-11,19H,3-4,6,12H2,1-2H3. The molecule has 4 heteroatoms. The molecule has 0 radical (unpaired) electrons. The highest BCUT2D eigenvalue weighted by atomic mass is 16.5. The van der Waals surface area contributed by atoms with E-state index in [-0.39, 0.29) is 6.61 Å². The third kappa shape index (κ3) is 4.46. The minimum absolute atomic E-state index is 0.0193. The lowest BCUT2D eigenvalue weighted by Crippen LogP contribution is -1.97. The zero-order chi connectivity index (χ0) is 15.1. The molecule has 0 aliphatic rings. The fraction of sp³-hybridized carbons (Fsp3) is 0.353. The Bertz CT molecular complexity index is 584. The second kappa shape index (κ2) is 7.64. The Morgan fingerprint density at radius 2 is 1.90 bits per heavy atom. The van der Waals surface area contributed by atoms with Crippen LogP contribution < -0.4 is 9.47 Å². The largest absolute Gasteiger partial charge is 0.494 e. The lowest BCUT2D eigenvalue weighted by atomic mass is 10.2. The molecule has 21 heavy (non-hydrogen) atoms. The predicted molar refractivity (Wildman–Crippen MR) is 81.8 cm³/mol. The molecule has 0 fully saturated rings. The number of aryl methyl sites for hydroxylation is 1. The number of nitrogens with zero attached hydrogens (tertiary/aromatic N) is 1. The van der Waals surface area contributed by atoms with Crippen LogP contribution in [0.1, 0.15) is 31.5 Å². The Hall–Kier alpha value is -2.07. The summed E-state index contributed by atoms with van der Waals surface area (Å²) in [5, 5.41) is 9.33. The van der Waals surface area contributed by atoms with E-state index >= 15 is 0 Å². The zero-order valence-corrected chi connectivity index (χ0v) is 12.5. The lowest BCUT2D eigenvalue weighted by Gasteiger charge is -2.10. The lowest BCUT2D eigenvalue weighted by molar-refractivity contribution is 0.280. The van der Waals surface area contributed by atoms with Gasteiger partial charge >= 0.3 is 0 Å². The highest BCUT2D eigenvalue weighted by Crippen LogP contribution is 2.25. The molecule has 112 valence electrons. The van der Waals surface area contributed by atoms with Crippen LogP contribution in [-0.2, 0) is 13.0 Å². The molecule has 1 aromatic carbocycles. The van der Waals surface area contributed by atoms with Gasteiger partial charge in [-0.2, -0.15) is 0 Å². The Morgan fingerprint density at radius 1 is 1.10 bits per heavy atom. The summed E-state index contributed by atoms with van der Waals surface area (Å²) in [7, 11) is 0. The monoisotopic (exact) mass is 287 g/mol. The van der Waals surface area contributed by atoms with Crippen molar-refractivity contribution in [3.63, 3.8) is 0 Å². The second-order valence-electron chi connectivity index (χ2n) is 4.72. The van der Waals surface area contributed by atoms with Crippen molar-refractivity contribution >= 4 is 0 Å². The topological polar surface area (TPSA) is 51.6 Å². The smallest absolute Gasteiger partial charge is 0.219 e.